The Bertz CT molecular complexity index is 1100. The van der Waals surface area contributed by atoms with E-state index in [1.807, 2.05) is 29.5 Å². The molecule has 1 fully saturated rings. The van der Waals surface area contributed by atoms with E-state index in [-0.39, 0.29) is 17.6 Å². The van der Waals surface area contributed by atoms with Gasteiger partial charge in [-0.15, -0.1) is 11.3 Å². The lowest BCUT2D eigenvalue weighted by molar-refractivity contribution is -0.122. The first-order valence-corrected chi connectivity index (χ1v) is 11.8. The van der Waals surface area contributed by atoms with Crippen LogP contribution in [0.2, 0.25) is 0 Å². The first kappa shape index (κ1) is 22.4. The molecule has 170 valence electrons. The standard InChI is InChI=1S/C23H28FN5O2S/c1-3-8-25-21(30)15-27-9-11-28(12-10-27)22(31)20-13-19-16(2)26-29(23(19)32-20)14-17-4-6-18(24)7-5-17/h4-7,13H,3,8-12,14-15H2,1-2H3,(H,25,30). The summed E-state index contributed by atoms with van der Waals surface area (Å²) in [6.45, 7) is 8.15. The number of hydrogen-bond donors (Lipinski definition) is 1. The summed E-state index contributed by atoms with van der Waals surface area (Å²) in [6, 6.07) is 8.31. The van der Waals surface area contributed by atoms with E-state index in [1.54, 1.807) is 12.1 Å². The third-order valence-electron chi connectivity index (χ3n) is 5.66. The normalized spacial score (nSPS) is 14.8. The van der Waals surface area contributed by atoms with Gasteiger partial charge < -0.3 is 10.2 Å². The van der Waals surface area contributed by atoms with Gasteiger partial charge in [0.1, 0.15) is 10.6 Å². The van der Waals surface area contributed by atoms with Gasteiger partial charge in [0.25, 0.3) is 5.91 Å². The number of fused-ring (bicyclic) bond motifs is 1. The van der Waals surface area contributed by atoms with Crippen LogP contribution in [0.5, 0.6) is 0 Å². The minimum atomic E-state index is -0.263. The summed E-state index contributed by atoms with van der Waals surface area (Å²) in [5, 5.41) is 8.48. The van der Waals surface area contributed by atoms with Crippen molar-refractivity contribution in [1.29, 1.82) is 0 Å². The van der Waals surface area contributed by atoms with Gasteiger partial charge in [0.2, 0.25) is 5.91 Å². The van der Waals surface area contributed by atoms with Crippen molar-refractivity contribution in [3.05, 3.63) is 52.3 Å². The number of rotatable bonds is 7. The van der Waals surface area contributed by atoms with Crippen molar-refractivity contribution in [2.24, 2.45) is 0 Å². The SMILES string of the molecule is CCCNC(=O)CN1CCN(C(=O)c2cc3c(C)nn(Cc4ccc(F)cc4)c3s2)CC1. The molecule has 0 aliphatic carbocycles. The molecule has 32 heavy (non-hydrogen) atoms. The van der Waals surface area contributed by atoms with E-state index >= 15 is 0 Å². The Labute approximate surface area is 190 Å². The van der Waals surface area contributed by atoms with Gasteiger partial charge in [-0.1, -0.05) is 19.1 Å². The monoisotopic (exact) mass is 457 g/mol. The van der Waals surface area contributed by atoms with E-state index in [0.29, 0.717) is 50.7 Å². The average Bonchev–Trinajstić information content (AvgIpc) is 3.35. The quantitative estimate of drug-likeness (QED) is 0.592. The number of benzene rings is 1. The highest BCUT2D eigenvalue weighted by molar-refractivity contribution is 7.20. The molecule has 3 heterocycles. The van der Waals surface area contributed by atoms with Gasteiger partial charge in [0.05, 0.1) is 23.7 Å². The molecule has 1 saturated heterocycles. The number of thiophene rings is 1. The Kier molecular flexibility index (Phi) is 6.86. The highest BCUT2D eigenvalue weighted by Crippen LogP contribution is 2.30. The maximum absolute atomic E-state index is 13.2. The van der Waals surface area contributed by atoms with Crippen LogP contribution in [-0.2, 0) is 11.3 Å². The van der Waals surface area contributed by atoms with Crippen LogP contribution in [-0.4, -0.2) is 70.7 Å². The molecule has 7 nitrogen and oxygen atoms in total. The lowest BCUT2D eigenvalue weighted by atomic mass is 10.2. The number of aryl methyl sites for hydroxylation is 1. The van der Waals surface area contributed by atoms with Crippen LogP contribution < -0.4 is 5.32 Å². The molecule has 4 rings (SSSR count). The molecule has 0 spiro atoms. The van der Waals surface area contributed by atoms with Crippen molar-refractivity contribution in [3.63, 3.8) is 0 Å². The number of piperazine rings is 1. The van der Waals surface area contributed by atoms with Crippen molar-refractivity contribution in [2.45, 2.75) is 26.8 Å². The number of nitrogens with one attached hydrogen (secondary N) is 1. The fourth-order valence-corrected chi connectivity index (χ4v) is 5.01. The minimum absolute atomic E-state index is 0.0222. The van der Waals surface area contributed by atoms with Crippen LogP contribution in [0.15, 0.2) is 30.3 Å². The highest BCUT2D eigenvalue weighted by Gasteiger charge is 2.25. The van der Waals surface area contributed by atoms with Gasteiger partial charge in [-0.25, -0.2) is 4.39 Å². The van der Waals surface area contributed by atoms with E-state index < -0.39 is 0 Å². The van der Waals surface area contributed by atoms with Crippen molar-refractivity contribution >= 4 is 33.4 Å². The molecular weight excluding hydrogens is 429 g/mol. The Hall–Kier alpha value is -2.78. The first-order valence-electron chi connectivity index (χ1n) is 10.9. The molecule has 3 aromatic rings. The molecule has 0 radical (unpaired) electrons. The van der Waals surface area contributed by atoms with E-state index in [0.717, 1.165) is 27.9 Å². The van der Waals surface area contributed by atoms with Crippen molar-refractivity contribution in [1.82, 2.24) is 24.9 Å². The molecule has 1 N–H and O–H groups in total. The number of hydrogen-bond acceptors (Lipinski definition) is 5. The number of carbonyl (C=O) groups excluding carboxylic acids is 2. The predicted molar refractivity (Wildman–Crippen MR) is 123 cm³/mol. The second-order valence-electron chi connectivity index (χ2n) is 8.12. The van der Waals surface area contributed by atoms with Crippen molar-refractivity contribution in [2.75, 3.05) is 39.3 Å². The second-order valence-corrected chi connectivity index (χ2v) is 9.15. The Morgan fingerprint density at radius 3 is 2.56 bits per heavy atom. The zero-order valence-corrected chi connectivity index (χ0v) is 19.3. The molecule has 0 bridgehead atoms. The van der Waals surface area contributed by atoms with Gasteiger partial charge in [0.15, 0.2) is 0 Å². The Morgan fingerprint density at radius 2 is 1.88 bits per heavy atom. The smallest absolute Gasteiger partial charge is 0.264 e. The molecule has 2 amide bonds. The van der Waals surface area contributed by atoms with Crippen LogP contribution in [0.1, 0.15) is 34.3 Å². The van der Waals surface area contributed by atoms with Gasteiger partial charge in [-0.05, 0) is 37.1 Å². The number of halogens is 1. The Balaban J connectivity index is 1.41. The summed E-state index contributed by atoms with van der Waals surface area (Å²) < 4.78 is 15.1. The van der Waals surface area contributed by atoms with Crippen LogP contribution in [0, 0.1) is 12.7 Å². The molecule has 2 aromatic heterocycles. The average molecular weight is 458 g/mol. The number of nitrogens with zero attached hydrogens (tertiary/aromatic N) is 4. The van der Waals surface area contributed by atoms with E-state index in [9.17, 15) is 14.0 Å². The van der Waals surface area contributed by atoms with Crippen molar-refractivity contribution < 1.29 is 14.0 Å². The highest BCUT2D eigenvalue weighted by atomic mass is 32.1. The van der Waals surface area contributed by atoms with Crippen LogP contribution >= 0.6 is 11.3 Å². The fraction of sp³-hybridized carbons (Fsp3) is 0.435. The molecule has 0 unspecified atom stereocenters. The van der Waals surface area contributed by atoms with Gasteiger partial charge >= 0.3 is 0 Å². The van der Waals surface area contributed by atoms with E-state index in [4.69, 9.17) is 0 Å². The summed E-state index contributed by atoms with van der Waals surface area (Å²) in [7, 11) is 0. The maximum atomic E-state index is 13.2. The van der Waals surface area contributed by atoms with E-state index in [1.165, 1.54) is 23.5 Å². The molecule has 0 atom stereocenters. The van der Waals surface area contributed by atoms with Crippen LogP contribution in [0.4, 0.5) is 4.39 Å². The van der Waals surface area contributed by atoms with Gasteiger partial charge in [-0.2, -0.15) is 5.10 Å². The summed E-state index contributed by atoms with van der Waals surface area (Å²) in [5.41, 5.74) is 1.83. The first-order chi connectivity index (χ1) is 15.4. The van der Waals surface area contributed by atoms with Gasteiger partial charge in [-0.3, -0.25) is 19.2 Å². The minimum Gasteiger partial charge on any atom is -0.355 e. The van der Waals surface area contributed by atoms with Crippen molar-refractivity contribution in [3.8, 4) is 0 Å². The fourth-order valence-electron chi connectivity index (χ4n) is 3.88. The number of aromatic nitrogens is 2. The summed E-state index contributed by atoms with van der Waals surface area (Å²) in [6.07, 6.45) is 0.921. The lowest BCUT2D eigenvalue weighted by Gasteiger charge is -2.34. The summed E-state index contributed by atoms with van der Waals surface area (Å²) in [4.78, 5) is 30.6. The summed E-state index contributed by atoms with van der Waals surface area (Å²) >= 11 is 1.45. The number of carbonyl (C=O) groups is 2. The largest absolute Gasteiger partial charge is 0.355 e. The third kappa shape index (κ3) is 4.99. The molecular formula is C23H28FN5O2S. The maximum Gasteiger partial charge on any atom is 0.264 e. The molecule has 9 heteroatoms. The predicted octanol–water partition coefficient (Wildman–Crippen LogP) is 2.88. The third-order valence-corrected chi connectivity index (χ3v) is 6.80. The lowest BCUT2D eigenvalue weighted by Crippen LogP contribution is -2.51. The zero-order chi connectivity index (χ0) is 22.7. The zero-order valence-electron chi connectivity index (χ0n) is 18.4. The number of amides is 2. The topological polar surface area (TPSA) is 70.5 Å². The van der Waals surface area contributed by atoms with Crippen LogP contribution in [0.3, 0.4) is 0 Å². The molecule has 0 saturated carbocycles. The van der Waals surface area contributed by atoms with Crippen LogP contribution in [0.25, 0.3) is 10.2 Å². The van der Waals surface area contributed by atoms with E-state index in [2.05, 4.69) is 15.3 Å². The Morgan fingerprint density at radius 1 is 1.16 bits per heavy atom. The van der Waals surface area contributed by atoms with Gasteiger partial charge in [0, 0.05) is 38.1 Å². The molecule has 1 aliphatic rings. The molecule has 1 aliphatic heterocycles. The summed E-state index contributed by atoms with van der Waals surface area (Å²) in [5.74, 6) is -0.201. The molecule has 1 aromatic carbocycles. The second kappa shape index (κ2) is 9.79.